The van der Waals surface area contributed by atoms with Crippen LogP contribution >= 0.6 is 11.6 Å². The van der Waals surface area contributed by atoms with E-state index in [1.165, 1.54) is 4.68 Å². The molecule has 194 valence electrons. The van der Waals surface area contributed by atoms with Crippen molar-refractivity contribution in [2.24, 2.45) is 5.10 Å². The lowest BCUT2D eigenvalue weighted by atomic mass is 10.2. The van der Waals surface area contributed by atoms with Crippen molar-refractivity contribution in [3.8, 4) is 11.6 Å². The van der Waals surface area contributed by atoms with Gasteiger partial charge < -0.3 is 13.7 Å². The summed E-state index contributed by atoms with van der Waals surface area (Å²) in [6.07, 6.45) is 3.43. The SMILES string of the molecule is CCOC(=O)[C@@H](C)n1cc(C=Nn2c(-c3cc4cc(Cl)ccc4o3)nc3ccccc3c2=O)c2ccccc21. The Bertz CT molecular complexity index is 1970. The predicted octanol–water partition coefficient (Wildman–Crippen LogP) is 6.42. The zero-order chi connectivity index (χ0) is 27.1. The Morgan fingerprint density at radius 2 is 1.87 bits per heavy atom. The first kappa shape index (κ1) is 24.6. The Labute approximate surface area is 227 Å². The first-order valence-corrected chi connectivity index (χ1v) is 12.8. The summed E-state index contributed by atoms with van der Waals surface area (Å²) in [5.74, 6) is 0.306. The van der Waals surface area contributed by atoms with E-state index in [0.29, 0.717) is 33.9 Å². The number of halogens is 1. The number of aromatic nitrogens is 3. The van der Waals surface area contributed by atoms with Crippen LogP contribution in [0.1, 0.15) is 25.5 Å². The van der Waals surface area contributed by atoms with Crippen LogP contribution in [0.25, 0.3) is 44.4 Å². The predicted molar refractivity (Wildman–Crippen MR) is 152 cm³/mol. The van der Waals surface area contributed by atoms with Crippen LogP contribution in [0, 0.1) is 0 Å². The molecule has 0 unspecified atom stereocenters. The third kappa shape index (κ3) is 4.38. The molecule has 0 bridgehead atoms. The molecule has 3 heterocycles. The molecule has 0 saturated carbocycles. The summed E-state index contributed by atoms with van der Waals surface area (Å²) < 4.78 is 14.4. The Morgan fingerprint density at radius 1 is 1.10 bits per heavy atom. The highest BCUT2D eigenvalue weighted by Gasteiger charge is 2.20. The highest BCUT2D eigenvalue weighted by atomic mass is 35.5. The number of ether oxygens (including phenoxy) is 1. The number of carbonyl (C=O) groups excluding carboxylic acids is 1. The third-order valence-corrected chi connectivity index (χ3v) is 6.82. The fourth-order valence-electron chi connectivity index (χ4n) is 4.67. The van der Waals surface area contributed by atoms with Crippen molar-refractivity contribution >= 4 is 56.6 Å². The number of nitrogens with zero attached hydrogens (tertiary/aromatic N) is 4. The molecule has 0 aliphatic carbocycles. The molecule has 0 saturated heterocycles. The van der Waals surface area contributed by atoms with Crippen LogP contribution in [-0.4, -0.2) is 33.0 Å². The molecule has 0 fully saturated rings. The quantitative estimate of drug-likeness (QED) is 0.180. The van der Waals surface area contributed by atoms with E-state index in [0.717, 1.165) is 21.9 Å². The standard InChI is InChI=1S/C30H23ClN4O4/c1-3-38-30(37)18(2)34-17-20(22-8-5-7-11-25(22)34)16-32-35-28(33-24-10-6-4-9-23(24)29(35)36)27-15-19-14-21(31)12-13-26(19)39-27/h4-18H,3H2,1-2H3/t18-/m1/s1. The molecule has 3 aromatic carbocycles. The normalized spacial score (nSPS) is 12.6. The van der Waals surface area contributed by atoms with E-state index in [2.05, 4.69) is 5.10 Å². The zero-order valence-electron chi connectivity index (χ0n) is 21.2. The van der Waals surface area contributed by atoms with E-state index in [-0.39, 0.29) is 17.4 Å². The molecule has 0 amide bonds. The largest absolute Gasteiger partial charge is 0.464 e. The maximum Gasteiger partial charge on any atom is 0.328 e. The molecule has 9 heteroatoms. The molecule has 6 aromatic rings. The van der Waals surface area contributed by atoms with Gasteiger partial charge in [0, 0.05) is 33.1 Å². The molecular formula is C30H23ClN4O4. The maximum absolute atomic E-state index is 13.6. The lowest BCUT2D eigenvalue weighted by Crippen LogP contribution is -2.20. The summed E-state index contributed by atoms with van der Waals surface area (Å²) in [7, 11) is 0. The minimum absolute atomic E-state index is 0.255. The topological polar surface area (TPSA) is 91.6 Å². The van der Waals surface area contributed by atoms with Gasteiger partial charge in [-0.15, -0.1) is 0 Å². The van der Waals surface area contributed by atoms with E-state index in [1.54, 1.807) is 62.5 Å². The average Bonchev–Trinajstić information content (AvgIpc) is 3.53. The number of fused-ring (bicyclic) bond motifs is 3. The number of esters is 1. The number of carbonyl (C=O) groups is 1. The fourth-order valence-corrected chi connectivity index (χ4v) is 4.85. The molecule has 6 rings (SSSR count). The Hall–Kier alpha value is -4.69. The molecule has 0 aliphatic heterocycles. The van der Waals surface area contributed by atoms with Gasteiger partial charge in [-0.05, 0) is 56.3 Å². The van der Waals surface area contributed by atoms with E-state index in [9.17, 15) is 9.59 Å². The molecular weight excluding hydrogens is 516 g/mol. The van der Waals surface area contributed by atoms with Gasteiger partial charge in [-0.3, -0.25) is 4.79 Å². The second-order valence-corrected chi connectivity index (χ2v) is 9.48. The first-order valence-electron chi connectivity index (χ1n) is 12.5. The van der Waals surface area contributed by atoms with E-state index < -0.39 is 6.04 Å². The van der Waals surface area contributed by atoms with Crippen LogP contribution in [0.15, 0.2) is 93.3 Å². The van der Waals surface area contributed by atoms with Crippen molar-refractivity contribution in [3.05, 3.63) is 99.9 Å². The van der Waals surface area contributed by atoms with E-state index >= 15 is 0 Å². The van der Waals surface area contributed by atoms with Crippen LogP contribution in [0.5, 0.6) is 0 Å². The van der Waals surface area contributed by atoms with Crippen molar-refractivity contribution < 1.29 is 13.9 Å². The van der Waals surface area contributed by atoms with Crippen LogP contribution in [0.4, 0.5) is 0 Å². The first-order chi connectivity index (χ1) is 18.9. The lowest BCUT2D eigenvalue weighted by molar-refractivity contribution is -0.146. The summed E-state index contributed by atoms with van der Waals surface area (Å²) in [5, 5.41) is 7.25. The Balaban J connectivity index is 1.52. The lowest BCUT2D eigenvalue weighted by Gasteiger charge is -2.13. The van der Waals surface area contributed by atoms with Gasteiger partial charge in [0.25, 0.3) is 5.56 Å². The molecule has 0 spiro atoms. The molecule has 1 atom stereocenters. The molecule has 39 heavy (non-hydrogen) atoms. The highest BCUT2D eigenvalue weighted by Crippen LogP contribution is 2.29. The van der Waals surface area contributed by atoms with Crippen LogP contribution in [0.2, 0.25) is 5.02 Å². The van der Waals surface area contributed by atoms with Gasteiger partial charge in [-0.25, -0.2) is 9.78 Å². The number of benzene rings is 3. The summed E-state index contributed by atoms with van der Waals surface area (Å²) in [4.78, 5) is 30.9. The van der Waals surface area contributed by atoms with Gasteiger partial charge in [0.05, 0.1) is 23.7 Å². The van der Waals surface area contributed by atoms with Crippen molar-refractivity contribution in [2.75, 3.05) is 6.61 Å². The second kappa shape index (κ2) is 9.89. The van der Waals surface area contributed by atoms with Crippen molar-refractivity contribution in [2.45, 2.75) is 19.9 Å². The fraction of sp³-hybridized carbons (Fsp3) is 0.133. The van der Waals surface area contributed by atoms with Gasteiger partial charge in [0.2, 0.25) is 5.82 Å². The summed E-state index contributed by atoms with van der Waals surface area (Å²) >= 11 is 6.17. The average molecular weight is 539 g/mol. The summed E-state index contributed by atoms with van der Waals surface area (Å²) in [6.45, 7) is 3.86. The molecule has 3 aromatic heterocycles. The Morgan fingerprint density at radius 3 is 2.69 bits per heavy atom. The smallest absolute Gasteiger partial charge is 0.328 e. The minimum atomic E-state index is -0.542. The van der Waals surface area contributed by atoms with Gasteiger partial charge in [-0.2, -0.15) is 9.78 Å². The molecule has 0 N–H and O–H groups in total. The molecule has 0 radical (unpaired) electrons. The van der Waals surface area contributed by atoms with Crippen molar-refractivity contribution in [1.82, 2.24) is 14.2 Å². The molecule has 0 aliphatic rings. The number of para-hydroxylation sites is 2. The number of hydrogen-bond donors (Lipinski definition) is 0. The third-order valence-electron chi connectivity index (χ3n) is 6.58. The van der Waals surface area contributed by atoms with E-state index in [1.807, 2.05) is 41.1 Å². The number of furan rings is 1. The minimum Gasteiger partial charge on any atom is -0.464 e. The van der Waals surface area contributed by atoms with Crippen LogP contribution < -0.4 is 5.56 Å². The van der Waals surface area contributed by atoms with Gasteiger partial charge in [-0.1, -0.05) is 41.9 Å². The monoisotopic (exact) mass is 538 g/mol. The zero-order valence-corrected chi connectivity index (χ0v) is 21.9. The summed E-state index contributed by atoms with van der Waals surface area (Å²) in [6, 6.07) is 21.3. The molecule has 8 nitrogen and oxygen atoms in total. The van der Waals surface area contributed by atoms with Crippen LogP contribution in [0.3, 0.4) is 0 Å². The number of hydrogen-bond acceptors (Lipinski definition) is 6. The van der Waals surface area contributed by atoms with Gasteiger partial charge in [0.15, 0.2) is 5.76 Å². The number of rotatable bonds is 6. The van der Waals surface area contributed by atoms with Crippen LogP contribution in [-0.2, 0) is 9.53 Å². The van der Waals surface area contributed by atoms with Crippen molar-refractivity contribution in [1.29, 1.82) is 0 Å². The Kier molecular flexibility index (Phi) is 6.24. The summed E-state index contributed by atoms with van der Waals surface area (Å²) in [5.41, 5.74) is 2.38. The second-order valence-electron chi connectivity index (χ2n) is 9.04. The highest BCUT2D eigenvalue weighted by molar-refractivity contribution is 6.31. The maximum atomic E-state index is 13.6. The van der Waals surface area contributed by atoms with Gasteiger partial charge >= 0.3 is 5.97 Å². The van der Waals surface area contributed by atoms with Crippen molar-refractivity contribution in [3.63, 3.8) is 0 Å². The van der Waals surface area contributed by atoms with E-state index in [4.69, 9.17) is 25.7 Å². The van der Waals surface area contributed by atoms with Gasteiger partial charge in [0.1, 0.15) is 11.6 Å².